The number of carbonyl (C=O) groups is 2. The molecule has 1 amide bonds. The third-order valence-electron chi connectivity index (χ3n) is 4.58. The molecular weight excluding hydrogens is 429 g/mol. The van der Waals surface area contributed by atoms with E-state index < -0.39 is 29.2 Å². The minimum absolute atomic E-state index is 0.00506. The van der Waals surface area contributed by atoms with Gasteiger partial charge in [-0.15, -0.1) is 0 Å². The van der Waals surface area contributed by atoms with E-state index in [2.05, 4.69) is 15.6 Å². The fourth-order valence-electron chi connectivity index (χ4n) is 3.00. The van der Waals surface area contributed by atoms with Gasteiger partial charge in [-0.25, -0.2) is 14.9 Å². The van der Waals surface area contributed by atoms with E-state index in [1.165, 1.54) is 43.3 Å². The molecule has 3 rings (SSSR count). The van der Waals surface area contributed by atoms with Crippen LogP contribution in [0.25, 0.3) is 5.69 Å². The Balaban J connectivity index is 1.86. The predicted molar refractivity (Wildman–Crippen MR) is 109 cm³/mol. The van der Waals surface area contributed by atoms with Crippen LogP contribution in [0.3, 0.4) is 0 Å². The molecule has 32 heavy (non-hydrogen) atoms. The van der Waals surface area contributed by atoms with Crippen molar-refractivity contribution in [1.82, 2.24) is 15.2 Å². The minimum atomic E-state index is -4.56. The molecule has 166 valence electrons. The zero-order chi connectivity index (χ0) is 23.6. The van der Waals surface area contributed by atoms with Gasteiger partial charge in [0.2, 0.25) is 0 Å². The number of aromatic amines is 1. The van der Waals surface area contributed by atoms with Gasteiger partial charge < -0.3 is 5.11 Å². The monoisotopic (exact) mass is 446 g/mol. The lowest BCUT2D eigenvalue weighted by atomic mass is 10.1. The summed E-state index contributed by atoms with van der Waals surface area (Å²) in [5, 5.41) is 15.5. The molecule has 1 heterocycles. The second-order valence-electron chi connectivity index (χ2n) is 6.82. The molecule has 1 aromatic heterocycles. The van der Waals surface area contributed by atoms with E-state index in [9.17, 15) is 27.6 Å². The van der Waals surface area contributed by atoms with Crippen LogP contribution < -0.4 is 11.0 Å². The summed E-state index contributed by atoms with van der Waals surface area (Å²) in [5.74, 6) is -1.77. The van der Waals surface area contributed by atoms with E-state index in [0.717, 1.165) is 16.8 Å². The van der Waals surface area contributed by atoms with Gasteiger partial charge >= 0.3 is 12.1 Å². The zero-order valence-corrected chi connectivity index (χ0v) is 16.8. The zero-order valence-electron chi connectivity index (χ0n) is 16.8. The van der Waals surface area contributed by atoms with Crippen molar-refractivity contribution in [3.63, 3.8) is 0 Å². The number of hydrogen-bond donors (Lipinski definition) is 3. The number of aryl methyl sites for hydroxylation is 1. The summed E-state index contributed by atoms with van der Waals surface area (Å²) in [6, 6.07) is 9.43. The largest absolute Gasteiger partial charge is 0.478 e. The first kappa shape index (κ1) is 22.5. The average Bonchev–Trinajstić information content (AvgIpc) is 3.05. The van der Waals surface area contributed by atoms with Crippen molar-refractivity contribution >= 4 is 17.6 Å². The number of rotatable bonds is 5. The Morgan fingerprint density at radius 3 is 2.31 bits per heavy atom. The Hall–Kier alpha value is -4.15. The molecule has 0 aliphatic heterocycles. The van der Waals surface area contributed by atoms with Crippen LogP contribution in [0.5, 0.6) is 0 Å². The number of nitrogens with zero attached hydrogens (tertiary/aromatic N) is 2. The Labute approximate surface area is 179 Å². The number of nitrogens with one attached hydrogen (secondary N) is 2. The third kappa shape index (κ3) is 4.61. The maximum Gasteiger partial charge on any atom is 0.416 e. The number of hydrogen-bond acceptors (Lipinski definition) is 4. The summed E-state index contributed by atoms with van der Waals surface area (Å²) in [5.41, 5.74) is 1.45. The average molecular weight is 446 g/mol. The van der Waals surface area contributed by atoms with E-state index in [1.807, 2.05) is 0 Å². The van der Waals surface area contributed by atoms with Crippen LogP contribution in [-0.2, 0) is 6.18 Å². The van der Waals surface area contributed by atoms with Gasteiger partial charge in [0.05, 0.1) is 28.1 Å². The molecular formula is C21H17F3N4O4. The molecule has 3 N–H and O–H groups in total. The number of alkyl halides is 3. The van der Waals surface area contributed by atoms with Crippen LogP contribution in [0.4, 0.5) is 13.2 Å². The lowest BCUT2D eigenvalue weighted by Crippen LogP contribution is -2.23. The van der Waals surface area contributed by atoms with E-state index in [4.69, 9.17) is 5.11 Å². The highest BCUT2D eigenvalue weighted by Gasteiger charge is 2.30. The van der Waals surface area contributed by atoms with Crippen molar-refractivity contribution in [2.75, 3.05) is 0 Å². The van der Waals surface area contributed by atoms with Crippen LogP contribution in [0, 0.1) is 6.92 Å². The minimum Gasteiger partial charge on any atom is -0.478 e. The van der Waals surface area contributed by atoms with Crippen molar-refractivity contribution in [3.05, 3.63) is 86.8 Å². The van der Waals surface area contributed by atoms with Gasteiger partial charge in [0.15, 0.2) is 0 Å². The number of benzene rings is 2. The van der Waals surface area contributed by atoms with Crippen molar-refractivity contribution in [1.29, 1.82) is 0 Å². The molecule has 0 unspecified atom stereocenters. The van der Waals surface area contributed by atoms with Crippen molar-refractivity contribution < 1.29 is 27.9 Å². The standard InChI is InChI=1S/C21H17F3N4O4/c1-11(25-26-18(29)13-6-8-14(9-7-13)20(31)32)17-12(2)27-28(19(17)30)16-5-3-4-15(10-16)21(22,23)24/h3-10,27H,1-2H3,(H,26,29)(H,31,32)/b25-11-. The summed E-state index contributed by atoms with van der Waals surface area (Å²) in [6.45, 7) is 3.01. The number of carbonyl (C=O) groups excluding carboxylic acids is 1. The Morgan fingerprint density at radius 1 is 1.09 bits per heavy atom. The summed E-state index contributed by atoms with van der Waals surface area (Å²) >= 11 is 0. The van der Waals surface area contributed by atoms with E-state index >= 15 is 0 Å². The second kappa shape index (κ2) is 8.53. The summed E-state index contributed by atoms with van der Waals surface area (Å²) in [6.07, 6.45) is -4.56. The van der Waals surface area contributed by atoms with Crippen LogP contribution >= 0.6 is 0 Å². The Morgan fingerprint density at radius 2 is 1.72 bits per heavy atom. The topological polar surface area (TPSA) is 117 Å². The molecule has 11 heteroatoms. The van der Waals surface area contributed by atoms with Crippen molar-refractivity contribution in [2.45, 2.75) is 20.0 Å². The Bertz CT molecular complexity index is 1270. The highest BCUT2D eigenvalue weighted by Crippen LogP contribution is 2.30. The number of carboxylic acid groups (broad SMARTS) is 1. The molecule has 0 saturated heterocycles. The summed E-state index contributed by atoms with van der Waals surface area (Å²) in [7, 11) is 0. The predicted octanol–water partition coefficient (Wildman–Crippen LogP) is 3.35. The molecule has 0 spiro atoms. The smallest absolute Gasteiger partial charge is 0.416 e. The quantitative estimate of drug-likeness (QED) is 0.412. The summed E-state index contributed by atoms with van der Waals surface area (Å²) in [4.78, 5) is 35.9. The molecule has 8 nitrogen and oxygen atoms in total. The van der Waals surface area contributed by atoms with Crippen LogP contribution in [-0.4, -0.2) is 32.5 Å². The molecule has 0 fully saturated rings. The molecule has 0 saturated carbocycles. The number of aromatic carboxylic acids is 1. The SMILES string of the molecule is C/C(=N/NC(=O)c1ccc(C(=O)O)cc1)c1c(C)[nH]n(-c2cccc(C(F)(F)F)c2)c1=O. The first-order valence-electron chi connectivity index (χ1n) is 9.16. The molecule has 0 bridgehead atoms. The molecule has 0 aliphatic rings. The molecule has 0 radical (unpaired) electrons. The lowest BCUT2D eigenvalue weighted by Gasteiger charge is -2.08. The molecule has 3 aromatic rings. The van der Waals surface area contributed by atoms with Crippen LogP contribution in [0.1, 0.15) is 44.5 Å². The van der Waals surface area contributed by atoms with Gasteiger partial charge in [0.25, 0.3) is 11.5 Å². The lowest BCUT2D eigenvalue weighted by molar-refractivity contribution is -0.137. The molecule has 2 aromatic carbocycles. The summed E-state index contributed by atoms with van der Waals surface area (Å²) < 4.78 is 39.9. The molecule has 0 aliphatic carbocycles. The number of amides is 1. The fourth-order valence-corrected chi connectivity index (χ4v) is 3.00. The van der Waals surface area contributed by atoms with Gasteiger partial charge in [-0.2, -0.15) is 18.3 Å². The van der Waals surface area contributed by atoms with Crippen LogP contribution in [0.15, 0.2) is 58.4 Å². The second-order valence-corrected chi connectivity index (χ2v) is 6.82. The Kier molecular flexibility index (Phi) is 6.01. The highest BCUT2D eigenvalue weighted by molar-refractivity contribution is 6.01. The number of carboxylic acids is 1. The number of hydrazone groups is 1. The van der Waals surface area contributed by atoms with Crippen molar-refractivity contribution in [2.24, 2.45) is 5.10 Å². The first-order chi connectivity index (χ1) is 15.0. The van der Waals surface area contributed by atoms with Gasteiger partial charge in [-0.1, -0.05) is 6.07 Å². The van der Waals surface area contributed by atoms with Gasteiger partial charge in [0.1, 0.15) is 0 Å². The van der Waals surface area contributed by atoms with Gasteiger partial charge in [-0.05, 0) is 56.3 Å². The number of aromatic nitrogens is 2. The normalized spacial score (nSPS) is 12.0. The number of halogens is 3. The first-order valence-corrected chi connectivity index (χ1v) is 9.16. The number of H-pyrrole nitrogens is 1. The molecule has 0 atom stereocenters. The van der Waals surface area contributed by atoms with E-state index in [-0.39, 0.29) is 28.1 Å². The van der Waals surface area contributed by atoms with E-state index in [0.29, 0.717) is 5.69 Å². The van der Waals surface area contributed by atoms with Crippen LogP contribution in [0.2, 0.25) is 0 Å². The maximum absolute atomic E-state index is 13.0. The third-order valence-corrected chi connectivity index (χ3v) is 4.58. The van der Waals surface area contributed by atoms with Gasteiger partial charge in [0, 0.05) is 11.3 Å². The van der Waals surface area contributed by atoms with E-state index in [1.54, 1.807) is 6.92 Å². The van der Waals surface area contributed by atoms with Gasteiger partial charge in [-0.3, -0.25) is 14.7 Å². The maximum atomic E-state index is 13.0. The van der Waals surface area contributed by atoms with Crippen molar-refractivity contribution in [3.8, 4) is 5.69 Å². The fraction of sp³-hybridized carbons (Fsp3) is 0.143. The highest BCUT2D eigenvalue weighted by atomic mass is 19.4.